The summed E-state index contributed by atoms with van der Waals surface area (Å²) in [5.41, 5.74) is 5.26. The Labute approximate surface area is 117 Å². The van der Waals surface area contributed by atoms with E-state index in [2.05, 4.69) is 29.4 Å². The molecule has 1 aliphatic rings. The van der Waals surface area contributed by atoms with E-state index >= 15 is 0 Å². The van der Waals surface area contributed by atoms with Gasteiger partial charge in [-0.3, -0.25) is 0 Å². The van der Waals surface area contributed by atoms with Crippen LogP contribution in [0.1, 0.15) is 31.7 Å². The van der Waals surface area contributed by atoms with Crippen molar-refractivity contribution >= 4 is 22.5 Å². The summed E-state index contributed by atoms with van der Waals surface area (Å²) in [6, 6.07) is 0.0315. The molecule has 106 valence electrons. The molecule has 0 spiro atoms. The highest BCUT2D eigenvalue weighted by Crippen LogP contribution is 2.21. The quantitative estimate of drug-likeness (QED) is 0.880. The lowest BCUT2D eigenvalue weighted by molar-refractivity contribution is 0.193. The number of hydrogen-bond donors (Lipinski definition) is 2. The second-order valence-corrected chi connectivity index (χ2v) is 6.40. The number of likely N-dealkylation sites (tertiary alicyclic amines) is 1. The first-order valence-corrected chi connectivity index (χ1v) is 7.49. The average molecular weight is 283 g/mol. The van der Waals surface area contributed by atoms with Gasteiger partial charge in [0.25, 0.3) is 0 Å². The normalized spacial score (nSPS) is 16.9. The van der Waals surface area contributed by atoms with E-state index in [0.29, 0.717) is 25.0 Å². The first kappa shape index (κ1) is 14.0. The van der Waals surface area contributed by atoms with Crippen LogP contribution >= 0.6 is 11.3 Å². The second-order valence-electron chi connectivity index (χ2n) is 5.34. The van der Waals surface area contributed by atoms with E-state index in [1.807, 2.05) is 0 Å². The van der Waals surface area contributed by atoms with E-state index in [0.717, 1.165) is 29.4 Å². The molecule has 0 unspecified atom stereocenters. The van der Waals surface area contributed by atoms with Gasteiger partial charge in [0.1, 0.15) is 5.01 Å². The SMILES string of the molecule is CC(C)Cc1nnc(NC2CCN(C(N)=O)CC2)s1. The van der Waals surface area contributed by atoms with Crippen molar-refractivity contribution in [3.8, 4) is 0 Å². The van der Waals surface area contributed by atoms with E-state index in [1.165, 1.54) is 0 Å². The van der Waals surface area contributed by atoms with E-state index in [-0.39, 0.29) is 6.03 Å². The Balaban J connectivity index is 1.82. The molecular formula is C12H21N5OS. The van der Waals surface area contributed by atoms with E-state index in [4.69, 9.17) is 5.73 Å². The Morgan fingerprint density at radius 3 is 2.74 bits per heavy atom. The molecule has 6 nitrogen and oxygen atoms in total. The van der Waals surface area contributed by atoms with Gasteiger partial charge in [-0.1, -0.05) is 25.2 Å². The summed E-state index contributed by atoms with van der Waals surface area (Å²) in [5.74, 6) is 0.597. The van der Waals surface area contributed by atoms with Gasteiger partial charge < -0.3 is 16.0 Å². The zero-order valence-electron chi connectivity index (χ0n) is 11.4. The number of rotatable bonds is 4. The molecule has 1 aromatic rings. The van der Waals surface area contributed by atoms with Gasteiger partial charge in [0.2, 0.25) is 5.13 Å². The molecule has 1 fully saturated rings. The van der Waals surface area contributed by atoms with Gasteiger partial charge in [0, 0.05) is 25.6 Å². The van der Waals surface area contributed by atoms with Crippen molar-refractivity contribution in [2.24, 2.45) is 11.7 Å². The molecule has 1 saturated heterocycles. The number of nitrogens with two attached hydrogens (primary N) is 1. The third-order valence-electron chi connectivity index (χ3n) is 3.18. The number of hydrogen-bond acceptors (Lipinski definition) is 5. The van der Waals surface area contributed by atoms with Crippen LogP contribution in [0.4, 0.5) is 9.93 Å². The van der Waals surface area contributed by atoms with Gasteiger partial charge in [-0.15, -0.1) is 10.2 Å². The molecule has 2 rings (SSSR count). The summed E-state index contributed by atoms with van der Waals surface area (Å²) in [7, 11) is 0. The molecule has 19 heavy (non-hydrogen) atoms. The van der Waals surface area contributed by atoms with E-state index in [1.54, 1.807) is 16.2 Å². The fourth-order valence-electron chi connectivity index (χ4n) is 2.16. The summed E-state index contributed by atoms with van der Waals surface area (Å²) in [6.45, 7) is 5.78. The van der Waals surface area contributed by atoms with Crippen LogP contribution in [0.2, 0.25) is 0 Å². The van der Waals surface area contributed by atoms with Crippen LogP contribution < -0.4 is 11.1 Å². The lowest BCUT2D eigenvalue weighted by Gasteiger charge is -2.30. The van der Waals surface area contributed by atoms with Crippen molar-refractivity contribution in [1.82, 2.24) is 15.1 Å². The van der Waals surface area contributed by atoms with Crippen LogP contribution in [-0.4, -0.2) is 40.3 Å². The topological polar surface area (TPSA) is 84.1 Å². The van der Waals surface area contributed by atoms with Crippen molar-refractivity contribution in [2.45, 2.75) is 39.2 Å². The van der Waals surface area contributed by atoms with Crippen molar-refractivity contribution in [3.63, 3.8) is 0 Å². The lowest BCUT2D eigenvalue weighted by atomic mass is 10.1. The van der Waals surface area contributed by atoms with Crippen molar-refractivity contribution in [3.05, 3.63) is 5.01 Å². The third kappa shape index (κ3) is 4.05. The number of carbonyl (C=O) groups is 1. The molecule has 1 aliphatic heterocycles. The van der Waals surface area contributed by atoms with Crippen molar-refractivity contribution < 1.29 is 4.79 Å². The minimum atomic E-state index is -0.325. The minimum Gasteiger partial charge on any atom is -0.357 e. The number of piperidine rings is 1. The summed E-state index contributed by atoms with van der Waals surface area (Å²) in [6.07, 6.45) is 2.78. The van der Waals surface area contributed by atoms with Crippen LogP contribution in [0.25, 0.3) is 0 Å². The van der Waals surface area contributed by atoms with E-state index < -0.39 is 0 Å². The smallest absolute Gasteiger partial charge is 0.314 e. The van der Waals surface area contributed by atoms with E-state index in [9.17, 15) is 4.79 Å². The Kier molecular flexibility index (Phi) is 4.57. The maximum Gasteiger partial charge on any atom is 0.314 e. The Morgan fingerprint density at radius 1 is 1.47 bits per heavy atom. The number of anilines is 1. The first-order chi connectivity index (χ1) is 9.04. The van der Waals surface area contributed by atoms with Gasteiger partial charge >= 0.3 is 6.03 Å². The molecule has 3 N–H and O–H groups in total. The van der Waals surface area contributed by atoms with Crippen LogP contribution in [0, 0.1) is 5.92 Å². The molecule has 0 bridgehead atoms. The zero-order chi connectivity index (χ0) is 13.8. The summed E-state index contributed by atoms with van der Waals surface area (Å²) < 4.78 is 0. The van der Waals surface area contributed by atoms with Crippen LogP contribution in [0.15, 0.2) is 0 Å². The molecule has 0 saturated carbocycles. The lowest BCUT2D eigenvalue weighted by Crippen LogP contribution is -2.44. The number of urea groups is 1. The summed E-state index contributed by atoms with van der Waals surface area (Å²) in [4.78, 5) is 12.7. The minimum absolute atomic E-state index is 0.325. The molecule has 2 heterocycles. The van der Waals surface area contributed by atoms with Gasteiger partial charge in [-0.05, 0) is 18.8 Å². The summed E-state index contributed by atoms with van der Waals surface area (Å²) in [5, 5.41) is 13.7. The average Bonchev–Trinajstić information content (AvgIpc) is 2.76. The zero-order valence-corrected chi connectivity index (χ0v) is 12.2. The molecule has 7 heteroatoms. The van der Waals surface area contributed by atoms with Gasteiger partial charge in [-0.25, -0.2) is 4.79 Å². The first-order valence-electron chi connectivity index (χ1n) is 6.68. The highest BCUT2D eigenvalue weighted by Gasteiger charge is 2.21. The fourth-order valence-corrected chi connectivity index (χ4v) is 3.19. The number of aromatic nitrogens is 2. The fraction of sp³-hybridized carbons (Fsp3) is 0.750. The summed E-state index contributed by atoms with van der Waals surface area (Å²) >= 11 is 1.62. The predicted molar refractivity (Wildman–Crippen MR) is 76.3 cm³/mol. The number of primary amides is 1. The molecule has 0 radical (unpaired) electrons. The maximum atomic E-state index is 11.0. The third-order valence-corrected chi connectivity index (χ3v) is 4.06. The number of amides is 2. The highest BCUT2D eigenvalue weighted by atomic mass is 32.1. The van der Waals surface area contributed by atoms with Gasteiger partial charge in [0.15, 0.2) is 0 Å². The molecule has 0 aromatic carbocycles. The highest BCUT2D eigenvalue weighted by molar-refractivity contribution is 7.15. The predicted octanol–water partition coefficient (Wildman–Crippen LogP) is 1.69. The van der Waals surface area contributed by atoms with Crippen LogP contribution in [0.3, 0.4) is 0 Å². The Bertz CT molecular complexity index is 426. The van der Waals surface area contributed by atoms with Crippen molar-refractivity contribution in [2.75, 3.05) is 18.4 Å². The largest absolute Gasteiger partial charge is 0.357 e. The Morgan fingerprint density at radius 2 is 2.16 bits per heavy atom. The molecular weight excluding hydrogens is 262 g/mol. The maximum absolute atomic E-state index is 11.0. The Hall–Kier alpha value is -1.37. The standard InChI is InChI=1S/C12H21N5OS/c1-8(2)7-10-15-16-12(19-10)14-9-3-5-17(6-4-9)11(13)18/h8-9H,3-7H2,1-2H3,(H2,13,18)(H,14,16). The van der Waals surface area contributed by atoms with Crippen LogP contribution in [0.5, 0.6) is 0 Å². The molecule has 1 aromatic heterocycles. The van der Waals surface area contributed by atoms with Crippen molar-refractivity contribution in [1.29, 1.82) is 0 Å². The molecule has 2 amide bonds. The number of nitrogens with zero attached hydrogens (tertiary/aromatic N) is 3. The van der Waals surface area contributed by atoms with Gasteiger partial charge in [0.05, 0.1) is 0 Å². The van der Waals surface area contributed by atoms with Gasteiger partial charge in [-0.2, -0.15) is 0 Å². The monoisotopic (exact) mass is 283 g/mol. The number of nitrogens with one attached hydrogen (secondary N) is 1. The van der Waals surface area contributed by atoms with Crippen LogP contribution in [-0.2, 0) is 6.42 Å². The molecule has 0 aliphatic carbocycles. The molecule has 0 atom stereocenters. The second kappa shape index (κ2) is 6.18. The number of carbonyl (C=O) groups excluding carboxylic acids is 1.